The zero-order valence-corrected chi connectivity index (χ0v) is 10.1. The van der Waals surface area contributed by atoms with Crippen molar-refractivity contribution < 1.29 is 27.8 Å². The molecule has 1 atom stereocenters. The third kappa shape index (κ3) is 5.12. The average Bonchev–Trinajstić information content (AvgIpc) is 2.35. The maximum atomic E-state index is 12.1. The van der Waals surface area contributed by atoms with Crippen LogP contribution in [0.25, 0.3) is 0 Å². The molecule has 1 amide bonds. The van der Waals surface area contributed by atoms with E-state index in [1.54, 1.807) is 0 Å². The number of ether oxygens (including phenoxy) is 1. The number of pyridine rings is 1. The zero-order chi connectivity index (χ0) is 14.5. The molecule has 1 aromatic rings. The molecule has 0 aromatic carbocycles. The molecule has 2 N–H and O–H groups in total. The third-order valence-corrected chi connectivity index (χ3v) is 2.03. The standard InChI is InChI=1S/C11H13F3N2O3/c1-7(5-17)16-10(18)9-8(3-2-4-15-9)19-6-11(12,13)14/h2-4,7,17H,5-6H2,1H3,(H,16,18). The molecule has 1 rings (SSSR count). The first-order valence-corrected chi connectivity index (χ1v) is 5.40. The summed E-state index contributed by atoms with van der Waals surface area (Å²) in [6.45, 7) is -0.261. The van der Waals surface area contributed by atoms with Gasteiger partial charge in [-0.05, 0) is 19.1 Å². The highest BCUT2D eigenvalue weighted by molar-refractivity contribution is 5.95. The van der Waals surface area contributed by atoms with Gasteiger partial charge < -0.3 is 15.2 Å². The van der Waals surface area contributed by atoms with Crippen LogP contribution in [0.2, 0.25) is 0 Å². The predicted molar refractivity (Wildman–Crippen MR) is 59.8 cm³/mol. The van der Waals surface area contributed by atoms with Gasteiger partial charge in [0.05, 0.1) is 6.61 Å². The van der Waals surface area contributed by atoms with Crippen molar-refractivity contribution in [3.05, 3.63) is 24.0 Å². The molecular formula is C11H13F3N2O3. The lowest BCUT2D eigenvalue weighted by Gasteiger charge is -2.14. The molecule has 0 aliphatic heterocycles. The molecule has 8 heteroatoms. The molecular weight excluding hydrogens is 265 g/mol. The molecule has 0 aliphatic carbocycles. The number of hydrogen-bond acceptors (Lipinski definition) is 4. The van der Waals surface area contributed by atoms with E-state index in [9.17, 15) is 18.0 Å². The fourth-order valence-corrected chi connectivity index (χ4v) is 1.17. The van der Waals surface area contributed by atoms with E-state index >= 15 is 0 Å². The summed E-state index contributed by atoms with van der Waals surface area (Å²) in [7, 11) is 0. The Bertz CT molecular complexity index is 437. The minimum Gasteiger partial charge on any atom is -0.482 e. The van der Waals surface area contributed by atoms with Gasteiger partial charge in [0, 0.05) is 12.2 Å². The lowest BCUT2D eigenvalue weighted by atomic mass is 10.2. The number of carbonyl (C=O) groups is 1. The third-order valence-electron chi connectivity index (χ3n) is 2.03. The maximum absolute atomic E-state index is 12.1. The molecule has 0 saturated carbocycles. The zero-order valence-electron chi connectivity index (χ0n) is 10.1. The van der Waals surface area contributed by atoms with Gasteiger partial charge in [-0.15, -0.1) is 0 Å². The fourth-order valence-electron chi connectivity index (χ4n) is 1.17. The number of rotatable bonds is 5. The predicted octanol–water partition coefficient (Wildman–Crippen LogP) is 1.13. The van der Waals surface area contributed by atoms with E-state index in [0.29, 0.717) is 0 Å². The Balaban J connectivity index is 2.80. The molecule has 0 saturated heterocycles. The number of carbonyl (C=O) groups excluding carboxylic acids is 1. The highest BCUT2D eigenvalue weighted by Gasteiger charge is 2.29. The van der Waals surface area contributed by atoms with Gasteiger partial charge in [0.2, 0.25) is 0 Å². The number of nitrogens with one attached hydrogen (secondary N) is 1. The Morgan fingerprint density at radius 1 is 1.58 bits per heavy atom. The van der Waals surface area contributed by atoms with Crippen LogP contribution in [0.3, 0.4) is 0 Å². The van der Waals surface area contributed by atoms with Crippen LogP contribution in [-0.2, 0) is 0 Å². The second-order valence-electron chi connectivity index (χ2n) is 3.81. The number of aliphatic hydroxyl groups is 1. The van der Waals surface area contributed by atoms with E-state index in [2.05, 4.69) is 15.0 Å². The quantitative estimate of drug-likeness (QED) is 0.847. The molecule has 0 bridgehead atoms. The van der Waals surface area contributed by atoms with Gasteiger partial charge in [0.1, 0.15) is 0 Å². The van der Waals surface area contributed by atoms with E-state index in [1.807, 2.05) is 0 Å². The smallest absolute Gasteiger partial charge is 0.422 e. The van der Waals surface area contributed by atoms with Crippen molar-refractivity contribution in [1.82, 2.24) is 10.3 Å². The number of nitrogens with zero attached hydrogens (tertiary/aromatic N) is 1. The molecule has 0 spiro atoms. The van der Waals surface area contributed by atoms with Crippen LogP contribution in [0.4, 0.5) is 13.2 Å². The van der Waals surface area contributed by atoms with E-state index in [4.69, 9.17) is 5.11 Å². The first kappa shape index (κ1) is 15.2. The van der Waals surface area contributed by atoms with Gasteiger partial charge in [0.15, 0.2) is 18.1 Å². The molecule has 0 aliphatic rings. The van der Waals surface area contributed by atoms with Gasteiger partial charge >= 0.3 is 6.18 Å². The molecule has 1 aromatic heterocycles. The summed E-state index contributed by atoms with van der Waals surface area (Å²) < 4.78 is 40.7. The van der Waals surface area contributed by atoms with Gasteiger partial charge in [-0.25, -0.2) is 4.98 Å². The Morgan fingerprint density at radius 2 is 2.26 bits per heavy atom. The van der Waals surface area contributed by atoms with E-state index in [-0.39, 0.29) is 18.1 Å². The van der Waals surface area contributed by atoms with Crippen LogP contribution in [0.15, 0.2) is 18.3 Å². The SMILES string of the molecule is CC(CO)NC(=O)c1ncccc1OCC(F)(F)F. The molecule has 0 fully saturated rings. The Morgan fingerprint density at radius 3 is 2.84 bits per heavy atom. The van der Waals surface area contributed by atoms with Crippen LogP contribution < -0.4 is 10.1 Å². The number of amides is 1. The molecule has 106 valence electrons. The first-order chi connectivity index (χ1) is 8.83. The van der Waals surface area contributed by atoms with Crippen molar-refractivity contribution in [3.8, 4) is 5.75 Å². The average molecular weight is 278 g/mol. The first-order valence-electron chi connectivity index (χ1n) is 5.40. The van der Waals surface area contributed by atoms with Gasteiger partial charge in [-0.2, -0.15) is 13.2 Å². The van der Waals surface area contributed by atoms with Crippen molar-refractivity contribution in [2.75, 3.05) is 13.2 Å². The fraction of sp³-hybridized carbons (Fsp3) is 0.455. The summed E-state index contributed by atoms with van der Waals surface area (Å²) in [6, 6.07) is 2.04. The van der Waals surface area contributed by atoms with Crippen LogP contribution in [0, 0.1) is 0 Å². The number of hydrogen-bond donors (Lipinski definition) is 2. The van der Waals surface area contributed by atoms with Crippen LogP contribution in [0.5, 0.6) is 5.75 Å². The summed E-state index contributed by atoms with van der Waals surface area (Å²) >= 11 is 0. The Labute approximate surface area is 107 Å². The largest absolute Gasteiger partial charge is 0.482 e. The highest BCUT2D eigenvalue weighted by Crippen LogP contribution is 2.20. The monoisotopic (exact) mass is 278 g/mol. The normalized spacial score (nSPS) is 12.9. The summed E-state index contributed by atoms with van der Waals surface area (Å²) in [5.41, 5.74) is -0.257. The molecule has 1 unspecified atom stereocenters. The van der Waals surface area contributed by atoms with Crippen molar-refractivity contribution >= 4 is 5.91 Å². The van der Waals surface area contributed by atoms with Crippen LogP contribution in [0.1, 0.15) is 17.4 Å². The van der Waals surface area contributed by atoms with Crippen LogP contribution in [-0.4, -0.2) is 41.4 Å². The minimum absolute atomic E-state index is 0.257. The van der Waals surface area contributed by atoms with Gasteiger partial charge in [0.25, 0.3) is 5.91 Å². The van der Waals surface area contributed by atoms with Gasteiger partial charge in [-0.3, -0.25) is 4.79 Å². The molecule has 5 nitrogen and oxygen atoms in total. The van der Waals surface area contributed by atoms with Crippen LogP contribution >= 0.6 is 0 Å². The lowest BCUT2D eigenvalue weighted by molar-refractivity contribution is -0.153. The van der Waals surface area contributed by atoms with Crippen molar-refractivity contribution in [2.24, 2.45) is 0 Å². The number of halogens is 3. The van der Waals surface area contributed by atoms with E-state index < -0.39 is 24.7 Å². The molecule has 1 heterocycles. The number of aromatic nitrogens is 1. The van der Waals surface area contributed by atoms with Crippen molar-refractivity contribution in [1.29, 1.82) is 0 Å². The Kier molecular flexibility index (Phi) is 5.11. The second-order valence-corrected chi connectivity index (χ2v) is 3.81. The van der Waals surface area contributed by atoms with Crippen molar-refractivity contribution in [2.45, 2.75) is 19.1 Å². The van der Waals surface area contributed by atoms with E-state index in [1.165, 1.54) is 25.3 Å². The number of aliphatic hydroxyl groups excluding tert-OH is 1. The topological polar surface area (TPSA) is 71.5 Å². The summed E-state index contributed by atoms with van der Waals surface area (Å²) in [6.07, 6.45) is -3.24. The maximum Gasteiger partial charge on any atom is 0.422 e. The summed E-state index contributed by atoms with van der Waals surface area (Å²) in [5.74, 6) is -0.971. The minimum atomic E-state index is -4.50. The van der Waals surface area contributed by atoms with Crippen molar-refractivity contribution in [3.63, 3.8) is 0 Å². The molecule has 0 radical (unpaired) electrons. The molecule has 19 heavy (non-hydrogen) atoms. The van der Waals surface area contributed by atoms with Gasteiger partial charge in [-0.1, -0.05) is 0 Å². The van der Waals surface area contributed by atoms with E-state index in [0.717, 1.165) is 0 Å². The summed E-state index contributed by atoms with van der Waals surface area (Å²) in [5, 5.41) is 11.2. The number of alkyl halides is 3. The summed E-state index contributed by atoms with van der Waals surface area (Å²) in [4.78, 5) is 15.4. The second kappa shape index (κ2) is 6.37. The lowest BCUT2D eigenvalue weighted by Crippen LogP contribution is -2.35. The Hall–Kier alpha value is -1.83. The highest BCUT2D eigenvalue weighted by atomic mass is 19.4.